The van der Waals surface area contributed by atoms with Gasteiger partial charge in [0, 0.05) is 6.54 Å². The van der Waals surface area contributed by atoms with Crippen LogP contribution in [-0.4, -0.2) is 12.8 Å². The lowest BCUT2D eigenvalue weighted by atomic mass is 10.0. The topological polar surface area (TPSA) is 29.1 Å². The molecule has 0 aliphatic heterocycles. The third kappa shape index (κ3) is 3.30. The van der Waals surface area contributed by atoms with Gasteiger partial charge in [0.1, 0.15) is 6.29 Å². The number of hydrogen-bond donors (Lipinski definition) is 1. The minimum atomic E-state index is 0.423. The molecule has 0 unspecified atom stereocenters. The summed E-state index contributed by atoms with van der Waals surface area (Å²) in [5, 5.41) is 3.03. The molecule has 1 N–H and O–H groups in total. The van der Waals surface area contributed by atoms with Crippen LogP contribution in [0.4, 0.5) is 0 Å². The van der Waals surface area contributed by atoms with Gasteiger partial charge in [-0.15, -0.1) is 0 Å². The van der Waals surface area contributed by atoms with Crippen molar-refractivity contribution in [3.05, 3.63) is 35.4 Å². The number of hydrogen-bond acceptors (Lipinski definition) is 2. The summed E-state index contributed by atoms with van der Waals surface area (Å²) >= 11 is 0. The van der Waals surface area contributed by atoms with E-state index in [1.54, 1.807) is 0 Å². The van der Waals surface area contributed by atoms with Gasteiger partial charge in [-0.05, 0) is 17.0 Å². The SMILES string of the molecule is CC(C)c1ccc(CNCC=O)cc1. The molecule has 14 heavy (non-hydrogen) atoms. The molecule has 0 heterocycles. The Morgan fingerprint density at radius 3 is 2.43 bits per heavy atom. The fraction of sp³-hybridized carbons (Fsp3) is 0.417. The molecular weight excluding hydrogens is 174 g/mol. The molecular formula is C12H17NO. The highest BCUT2D eigenvalue weighted by Gasteiger charge is 1.98. The zero-order chi connectivity index (χ0) is 10.4. The highest BCUT2D eigenvalue weighted by Crippen LogP contribution is 2.14. The van der Waals surface area contributed by atoms with E-state index < -0.39 is 0 Å². The van der Waals surface area contributed by atoms with E-state index in [1.807, 2.05) is 0 Å². The average molecular weight is 191 g/mol. The summed E-state index contributed by atoms with van der Waals surface area (Å²) in [5.74, 6) is 0.576. The predicted molar refractivity (Wildman–Crippen MR) is 58.3 cm³/mol. The Labute approximate surface area is 85.3 Å². The molecule has 0 saturated heterocycles. The molecule has 2 nitrogen and oxygen atoms in total. The maximum Gasteiger partial charge on any atom is 0.133 e. The van der Waals surface area contributed by atoms with Crippen molar-refractivity contribution in [2.45, 2.75) is 26.3 Å². The van der Waals surface area contributed by atoms with Gasteiger partial charge in [0.15, 0.2) is 0 Å². The Hall–Kier alpha value is -1.15. The van der Waals surface area contributed by atoms with Crippen LogP contribution in [0, 0.1) is 0 Å². The van der Waals surface area contributed by atoms with Crippen molar-refractivity contribution in [3.63, 3.8) is 0 Å². The van der Waals surface area contributed by atoms with Crippen molar-refractivity contribution in [1.29, 1.82) is 0 Å². The molecule has 1 aromatic carbocycles. The molecule has 0 bridgehead atoms. The molecule has 0 atom stereocenters. The molecule has 76 valence electrons. The van der Waals surface area contributed by atoms with Crippen LogP contribution >= 0.6 is 0 Å². The lowest BCUT2D eigenvalue weighted by Gasteiger charge is -2.06. The first-order valence-electron chi connectivity index (χ1n) is 4.97. The van der Waals surface area contributed by atoms with Crippen LogP contribution < -0.4 is 5.32 Å². The van der Waals surface area contributed by atoms with E-state index in [0.717, 1.165) is 12.8 Å². The van der Waals surface area contributed by atoms with Gasteiger partial charge in [0.25, 0.3) is 0 Å². The summed E-state index contributed by atoms with van der Waals surface area (Å²) < 4.78 is 0. The smallest absolute Gasteiger partial charge is 0.133 e. The zero-order valence-corrected chi connectivity index (χ0v) is 8.79. The Morgan fingerprint density at radius 2 is 1.93 bits per heavy atom. The van der Waals surface area contributed by atoms with Crippen molar-refractivity contribution < 1.29 is 4.79 Å². The van der Waals surface area contributed by atoms with Crippen LogP contribution in [0.5, 0.6) is 0 Å². The lowest BCUT2D eigenvalue weighted by Crippen LogP contribution is -2.15. The summed E-state index contributed by atoms with van der Waals surface area (Å²) in [6.45, 7) is 5.54. The minimum absolute atomic E-state index is 0.423. The molecule has 0 spiro atoms. The van der Waals surface area contributed by atoms with Crippen molar-refractivity contribution in [3.8, 4) is 0 Å². The third-order valence-corrected chi connectivity index (χ3v) is 2.20. The van der Waals surface area contributed by atoms with Gasteiger partial charge >= 0.3 is 0 Å². The second kappa shape index (κ2) is 5.55. The number of carbonyl (C=O) groups excluding carboxylic acids is 1. The number of rotatable bonds is 5. The quantitative estimate of drug-likeness (QED) is 0.570. The zero-order valence-electron chi connectivity index (χ0n) is 8.79. The summed E-state index contributed by atoms with van der Waals surface area (Å²) in [4.78, 5) is 10.1. The molecule has 0 fully saturated rings. The Morgan fingerprint density at radius 1 is 1.29 bits per heavy atom. The van der Waals surface area contributed by atoms with Gasteiger partial charge in [-0.2, -0.15) is 0 Å². The highest BCUT2D eigenvalue weighted by atomic mass is 16.1. The maximum atomic E-state index is 10.1. The van der Waals surface area contributed by atoms with Gasteiger partial charge in [0.2, 0.25) is 0 Å². The Kier molecular flexibility index (Phi) is 4.33. The summed E-state index contributed by atoms with van der Waals surface area (Å²) in [7, 11) is 0. The molecule has 0 amide bonds. The normalized spacial score (nSPS) is 10.5. The Balaban J connectivity index is 2.51. The number of nitrogens with one attached hydrogen (secondary N) is 1. The van der Waals surface area contributed by atoms with Crippen LogP contribution in [0.1, 0.15) is 30.9 Å². The largest absolute Gasteiger partial charge is 0.306 e. The van der Waals surface area contributed by atoms with Crippen molar-refractivity contribution in [2.24, 2.45) is 0 Å². The lowest BCUT2D eigenvalue weighted by molar-refractivity contribution is -0.107. The van der Waals surface area contributed by atoms with Crippen LogP contribution in [0.15, 0.2) is 24.3 Å². The first-order valence-corrected chi connectivity index (χ1v) is 4.97. The third-order valence-electron chi connectivity index (χ3n) is 2.20. The maximum absolute atomic E-state index is 10.1. The molecule has 1 rings (SSSR count). The van der Waals surface area contributed by atoms with E-state index in [2.05, 4.69) is 43.4 Å². The second-order valence-electron chi connectivity index (χ2n) is 3.69. The monoisotopic (exact) mass is 191 g/mol. The minimum Gasteiger partial charge on any atom is -0.306 e. The van der Waals surface area contributed by atoms with E-state index in [9.17, 15) is 4.79 Å². The van der Waals surface area contributed by atoms with Crippen molar-refractivity contribution >= 4 is 6.29 Å². The van der Waals surface area contributed by atoms with Gasteiger partial charge in [-0.25, -0.2) is 0 Å². The molecule has 2 heteroatoms. The molecule has 0 saturated carbocycles. The molecule has 0 aliphatic carbocycles. The molecule has 1 aromatic rings. The van der Waals surface area contributed by atoms with Crippen molar-refractivity contribution in [1.82, 2.24) is 5.32 Å². The summed E-state index contributed by atoms with van der Waals surface area (Å²) in [5.41, 5.74) is 2.57. The van der Waals surface area contributed by atoms with E-state index in [-0.39, 0.29) is 0 Å². The molecule has 0 aliphatic rings. The van der Waals surface area contributed by atoms with Crippen LogP contribution in [0.3, 0.4) is 0 Å². The Bertz CT molecular complexity index is 277. The van der Waals surface area contributed by atoms with E-state index in [4.69, 9.17) is 0 Å². The average Bonchev–Trinajstić information content (AvgIpc) is 2.19. The van der Waals surface area contributed by atoms with Crippen LogP contribution in [-0.2, 0) is 11.3 Å². The predicted octanol–water partition coefficient (Wildman–Crippen LogP) is 2.10. The first kappa shape index (κ1) is 10.9. The van der Waals surface area contributed by atoms with E-state index in [1.165, 1.54) is 11.1 Å². The summed E-state index contributed by atoms with van der Waals surface area (Å²) in [6, 6.07) is 8.49. The summed E-state index contributed by atoms with van der Waals surface area (Å²) in [6.07, 6.45) is 0.877. The molecule has 0 radical (unpaired) electrons. The number of benzene rings is 1. The van der Waals surface area contributed by atoms with Gasteiger partial charge in [0.05, 0.1) is 6.54 Å². The van der Waals surface area contributed by atoms with Crippen LogP contribution in [0.25, 0.3) is 0 Å². The fourth-order valence-corrected chi connectivity index (χ4v) is 1.30. The van der Waals surface area contributed by atoms with E-state index in [0.29, 0.717) is 12.5 Å². The van der Waals surface area contributed by atoms with Crippen molar-refractivity contribution in [2.75, 3.05) is 6.54 Å². The van der Waals surface area contributed by atoms with Gasteiger partial charge in [-0.3, -0.25) is 0 Å². The van der Waals surface area contributed by atoms with E-state index >= 15 is 0 Å². The van der Waals surface area contributed by atoms with Crippen LogP contribution in [0.2, 0.25) is 0 Å². The number of carbonyl (C=O) groups is 1. The standard InChI is InChI=1S/C12H17NO/c1-10(2)12-5-3-11(4-6-12)9-13-7-8-14/h3-6,8,10,13H,7,9H2,1-2H3. The van der Waals surface area contributed by atoms with Gasteiger partial charge in [-0.1, -0.05) is 38.1 Å². The van der Waals surface area contributed by atoms with Gasteiger partial charge < -0.3 is 10.1 Å². The second-order valence-corrected chi connectivity index (χ2v) is 3.69. The first-order chi connectivity index (χ1) is 6.74. The highest BCUT2D eigenvalue weighted by molar-refractivity contribution is 5.51. The fourth-order valence-electron chi connectivity index (χ4n) is 1.30. The number of aldehydes is 1. The molecule has 0 aromatic heterocycles.